The molecule has 1 aromatic heterocycles. The summed E-state index contributed by atoms with van der Waals surface area (Å²) in [5.74, 6) is -0.614. The molecule has 0 saturated heterocycles. The summed E-state index contributed by atoms with van der Waals surface area (Å²) in [7, 11) is -2.54. The third-order valence-corrected chi connectivity index (χ3v) is 4.16. The summed E-state index contributed by atoms with van der Waals surface area (Å²) >= 11 is 6.00. The number of hydrogen-bond donors (Lipinski definition) is 1. The van der Waals surface area contributed by atoms with Gasteiger partial charge < -0.3 is 9.30 Å². The molecule has 1 atom stereocenters. The van der Waals surface area contributed by atoms with E-state index in [0.717, 1.165) is 12.8 Å². The van der Waals surface area contributed by atoms with Crippen molar-refractivity contribution in [3.8, 4) is 0 Å². The average Bonchev–Trinajstić information content (AvgIpc) is 2.87. The molecule has 5 nitrogen and oxygen atoms in total. The van der Waals surface area contributed by atoms with E-state index in [2.05, 4.69) is 0 Å². The topological polar surface area (TPSA) is 65.4 Å². The smallest absolute Gasteiger partial charge is 0.340 e. The Balaban J connectivity index is 2.24. The van der Waals surface area contributed by atoms with E-state index in [-0.39, 0.29) is 5.88 Å². The van der Waals surface area contributed by atoms with Crippen molar-refractivity contribution >= 4 is 39.2 Å². The molecule has 0 radical (unpaired) electrons. The molecule has 0 spiro atoms. The molecule has 0 saturated carbocycles. The summed E-state index contributed by atoms with van der Waals surface area (Å²) in [6.07, 6.45) is 4.12. The molecule has 1 unspecified atom stereocenters. The maximum Gasteiger partial charge on any atom is 0.340 e. The molecule has 1 aromatic carbocycles. The first-order valence-electron chi connectivity index (χ1n) is 7.07. The van der Waals surface area contributed by atoms with Crippen LogP contribution < -0.4 is 0 Å². The monoisotopic (exact) mass is 343 g/mol. The highest BCUT2D eigenvalue weighted by Crippen LogP contribution is 2.22. The molecule has 7 heteroatoms. The second kappa shape index (κ2) is 7.65. The van der Waals surface area contributed by atoms with E-state index in [1.54, 1.807) is 35.0 Å². The first-order chi connectivity index (χ1) is 10.5. The first kappa shape index (κ1) is 16.8. The number of esters is 1. The van der Waals surface area contributed by atoms with Crippen LogP contribution in [-0.2, 0) is 21.3 Å². The Kier molecular flexibility index (Phi) is 5.85. The van der Waals surface area contributed by atoms with Gasteiger partial charge in [0, 0.05) is 17.1 Å². The van der Waals surface area contributed by atoms with Crippen molar-refractivity contribution in [3.05, 3.63) is 36.0 Å². The number of alkyl halides is 1. The third-order valence-electron chi connectivity index (χ3n) is 3.32. The van der Waals surface area contributed by atoms with Crippen molar-refractivity contribution in [2.45, 2.75) is 37.6 Å². The van der Waals surface area contributed by atoms with Gasteiger partial charge in [-0.05, 0) is 31.0 Å². The summed E-state index contributed by atoms with van der Waals surface area (Å²) in [6, 6.07) is 6.82. The van der Waals surface area contributed by atoms with Gasteiger partial charge in [-0.3, -0.25) is 0 Å². The maximum absolute atomic E-state index is 12.2. The van der Waals surface area contributed by atoms with E-state index in [1.165, 1.54) is 0 Å². The number of fused-ring (bicyclic) bond motifs is 1. The highest BCUT2D eigenvalue weighted by atomic mass is 35.5. The van der Waals surface area contributed by atoms with E-state index in [1.807, 2.05) is 6.92 Å². The number of halogens is 1. The zero-order valence-corrected chi connectivity index (χ0v) is 13.8. The number of hydrogen-bond acceptors (Lipinski definition) is 4. The summed E-state index contributed by atoms with van der Waals surface area (Å²) in [5, 5.41) is 0.656. The van der Waals surface area contributed by atoms with Crippen LogP contribution in [0.15, 0.2) is 30.5 Å². The predicted molar refractivity (Wildman–Crippen MR) is 86.8 cm³/mol. The minimum Gasteiger partial charge on any atom is -0.442 e. The lowest BCUT2D eigenvalue weighted by Crippen LogP contribution is -2.13. The molecule has 0 aliphatic carbocycles. The Labute approximate surface area is 135 Å². The van der Waals surface area contributed by atoms with Gasteiger partial charge in [-0.15, -0.1) is 0 Å². The van der Waals surface area contributed by atoms with Gasteiger partial charge in [0.15, 0.2) is 16.3 Å². The fourth-order valence-corrected chi connectivity index (χ4v) is 2.98. The van der Waals surface area contributed by atoms with Crippen LogP contribution in [0.5, 0.6) is 0 Å². The zero-order chi connectivity index (χ0) is 16.1. The van der Waals surface area contributed by atoms with Gasteiger partial charge in [0.25, 0.3) is 0 Å². The standard InChI is InChI=1S/C15H18ClNO4S/c1-2-3-7-14(16)21-15(18)12-5-4-6-13-11(12)8-9-17(13)10-22(19)20/h4-6,8-9,14,22H,2-3,7,10H2,1H3. The highest BCUT2D eigenvalue weighted by Gasteiger charge is 2.17. The van der Waals surface area contributed by atoms with E-state index in [9.17, 15) is 13.2 Å². The lowest BCUT2D eigenvalue weighted by atomic mass is 10.1. The fourth-order valence-electron chi connectivity index (χ4n) is 2.25. The number of carbonyl (C=O) groups excluding carboxylic acids is 1. The van der Waals surface area contributed by atoms with Gasteiger partial charge in [-0.25, -0.2) is 13.2 Å². The van der Waals surface area contributed by atoms with Gasteiger partial charge in [-0.2, -0.15) is 0 Å². The second-order valence-corrected chi connectivity index (χ2v) is 6.39. The number of nitrogens with zero attached hydrogens (tertiary/aromatic N) is 1. The van der Waals surface area contributed by atoms with Crippen LogP contribution in [-0.4, -0.2) is 24.5 Å². The molecule has 0 amide bonds. The normalized spacial score (nSPS) is 12.7. The number of rotatable bonds is 7. The average molecular weight is 344 g/mol. The van der Waals surface area contributed by atoms with Gasteiger partial charge in [-0.1, -0.05) is 31.0 Å². The first-order valence-corrected chi connectivity index (χ1v) is 8.87. The summed E-state index contributed by atoms with van der Waals surface area (Å²) in [4.78, 5) is 12.2. The Morgan fingerprint density at radius 2 is 2.14 bits per heavy atom. The van der Waals surface area contributed by atoms with E-state index < -0.39 is 22.2 Å². The van der Waals surface area contributed by atoms with Crippen LogP contribution >= 0.6 is 11.6 Å². The second-order valence-electron chi connectivity index (χ2n) is 4.96. The van der Waals surface area contributed by atoms with E-state index >= 15 is 0 Å². The van der Waals surface area contributed by atoms with Gasteiger partial charge in [0.1, 0.15) is 5.88 Å². The molecule has 1 heterocycles. The quantitative estimate of drug-likeness (QED) is 0.476. The van der Waals surface area contributed by atoms with Crippen molar-refractivity contribution in [1.29, 1.82) is 0 Å². The van der Waals surface area contributed by atoms with Crippen LogP contribution in [0.1, 0.15) is 36.5 Å². The van der Waals surface area contributed by atoms with Crippen LogP contribution in [0.25, 0.3) is 10.9 Å². The molecular formula is C15H18ClNO4S. The molecular weight excluding hydrogens is 326 g/mol. The van der Waals surface area contributed by atoms with Gasteiger partial charge >= 0.3 is 5.97 Å². The summed E-state index contributed by atoms with van der Waals surface area (Å²) in [5.41, 5.74) is 0.411. The van der Waals surface area contributed by atoms with Crippen molar-refractivity contribution in [2.24, 2.45) is 0 Å². The Morgan fingerprint density at radius 3 is 2.82 bits per heavy atom. The van der Waals surface area contributed by atoms with Crippen LogP contribution in [0, 0.1) is 0 Å². The number of thiol groups is 1. The van der Waals surface area contributed by atoms with Gasteiger partial charge in [0.2, 0.25) is 0 Å². The predicted octanol–water partition coefficient (Wildman–Crippen LogP) is 3.12. The fraction of sp³-hybridized carbons (Fsp3) is 0.400. The van der Waals surface area contributed by atoms with E-state index in [0.29, 0.717) is 22.9 Å². The Morgan fingerprint density at radius 1 is 1.36 bits per heavy atom. The molecule has 2 aromatic rings. The minimum absolute atomic E-state index is 0.119. The molecule has 0 N–H and O–H groups in total. The summed E-state index contributed by atoms with van der Waals surface area (Å²) < 4.78 is 28.6. The Hall–Kier alpha value is -1.53. The molecule has 0 aliphatic rings. The zero-order valence-electron chi connectivity index (χ0n) is 12.2. The third kappa shape index (κ3) is 4.01. The lowest BCUT2D eigenvalue weighted by Gasteiger charge is -2.11. The molecule has 0 bridgehead atoms. The van der Waals surface area contributed by atoms with E-state index in [4.69, 9.17) is 16.3 Å². The number of ether oxygens (including phenoxy) is 1. The number of aromatic nitrogens is 1. The number of unbranched alkanes of at least 4 members (excludes halogenated alkanes) is 1. The molecule has 0 fully saturated rings. The molecule has 120 valence electrons. The van der Waals surface area contributed by atoms with Crippen molar-refractivity contribution in [2.75, 3.05) is 0 Å². The van der Waals surface area contributed by atoms with Gasteiger partial charge in [0.05, 0.1) is 5.56 Å². The highest BCUT2D eigenvalue weighted by molar-refractivity contribution is 7.71. The van der Waals surface area contributed by atoms with Crippen LogP contribution in [0.3, 0.4) is 0 Å². The Bertz CT molecular complexity index is 730. The maximum atomic E-state index is 12.2. The SMILES string of the molecule is CCCCC(Cl)OC(=O)c1cccc2c1ccn2C[SH](=O)=O. The lowest BCUT2D eigenvalue weighted by molar-refractivity contribution is 0.0436. The van der Waals surface area contributed by atoms with Crippen molar-refractivity contribution in [1.82, 2.24) is 4.57 Å². The summed E-state index contributed by atoms with van der Waals surface area (Å²) in [6.45, 7) is 2.04. The van der Waals surface area contributed by atoms with Crippen LogP contribution in [0.2, 0.25) is 0 Å². The number of benzene rings is 1. The van der Waals surface area contributed by atoms with Crippen molar-refractivity contribution < 1.29 is 17.9 Å². The molecule has 2 rings (SSSR count). The number of carbonyl (C=O) groups is 1. The van der Waals surface area contributed by atoms with Crippen LogP contribution in [0.4, 0.5) is 0 Å². The molecule has 22 heavy (non-hydrogen) atoms. The largest absolute Gasteiger partial charge is 0.442 e. The molecule has 0 aliphatic heterocycles. The minimum atomic E-state index is -2.54. The van der Waals surface area contributed by atoms with Crippen molar-refractivity contribution in [3.63, 3.8) is 0 Å².